The summed E-state index contributed by atoms with van der Waals surface area (Å²) < 4.78 is 0. The Hall–Kier alpha value is -2.53. The van der Waals surface area contributed by atoms with E-state index in [4.69, 9.17) is 0 Å². The minimum absolute atomic E-state index is 0.00732. The predicted octanol–water partition coefficient (Wildman–Crippen LogP) is 1.56. The molecule has 0 atom stereocenters. The highest BCUT2D eigenvalue weighted by molar-refractivity contribution is 5.97. The first-order valence-electron chi connectivity index (χ1n) is 7.20. The van der Waals surface area contributed by atoms with Crippen molar-refractivity contribution in [1.82, 2.24) is 15.6 Å². The summed E-state index contributed by atoms with van der Waals surface area (Å²) in [4.78, 5) is 27.4. The van der Waals surface area contributed by atoms with Gasteiger partial charge in [0.15, 0.2) is 5.78 Å². The van der Waals surface area contributed by atoms with Gasteiger partial charge in [0.25, 0.3) is 0 Å². The summed E-state index contributed by atoms with van der Waals surface area (Å²) in [6, 6.07) is 13.1. The second-order valence-electron chi connectivity index (χ2n) is 4.85. The summed E-state index contributed by atoms with van der Waals surface area (Å²) in [5, 5.41) is 5.83. The zero-order chi connectivity index (χ0) is 15.6. The molecule has 0 unspecified atom stereocenters. The molecule has 0 saturated heterocycles. The van der Waals surface area contributed by atoms with Gasteiger partial charge in [0.2, 0.25) is 5.91 Å². The molecule has 5 nitrogen and oxygen atoms in total. The summed E-state index contributed by atoms with van der Waals surface area (Å²) in [5.74, 6) is -0.0418. The van der Waals surface area contributed by atoms with Crippen LogP contribution in [0.2, 0.25) is 0 Å². The van der Waals surface area contributed by atoms with Crippen molar-refractivity contribution < 1.29 is 9.59 Å². The topological polar surface area (TPSA) is 71.1 Å². The average Bonchev–Trinajstić information content (AvgIpc) is 2.58. The van der Waals surface area contributed by atoms with Crippen molar-refractivity contribution in [2.45, 2.75) is 13.0 Å². The number of carbonyl (C=O) groups excluding carboxylic acids is 2. The number of hydrogen-bond acceptors (Lipinski definition) is 4. The third-order valence-electron chi connectivity index (χ3n) is 3.15. The second-order valence-corrected chi connectivity index (χ2v) is 4.85. The number of amides is 1. The quantitative estimate of drug-likeness (QED) is 0.573. The molecular formula is C17H19N3O2. The lowest BCUT2D eigenvalue weighted by molar-refractivity contribution is -0.121. The average molecular weight is 297 g/mol. The first-order chi connectivity index (χ1) is 10.8. The number of hydrogen-bond donors (Lipinski definition) is 2. The molecule has 22 heavy (non-hydrogen) atoms. The number of ketones is 1. The minimum atomic E-state index is -0.0345. The molecule has 0 spiro atoms. The van der Waals surface area contributed by atoms with Gasteiger partial charge in [0.1, 0.15) is 0 Å². The Labute approximate surface area is 129 Å². The molecule has 0 saturated carbocycles. The van der Waals surface area contributed by atoms with Crippen LogP contribution in [-0.2, 0) is 11.3 Å². The molecule has 2 aromatic rings. The zero-order valence-corrected chi connectivity index (χ0v) is 12.3. The monoisotopic (exact) mass is 297 g/mol. The van der Waals surface area contributed by atoms with Gasteiger partial charge in [-0.25, -0.2) is 0 Å². The van der Waals surface area contributed by atoms with Crippen LogP contribution in [0.15, 0.2) is 54.9 Å². The first kappa shape index (κ1) is 15.9. The van der Waals surface area contributed by atoms with Crippen LogP contribution >= 0.6 is 0 Å². The number of aromatic nitrogens is 1. The van der Waals surface area contributed by atoms with Crippen LogP contribution in [0.1, 0.15) is 22.3 Å². The molecular weight excluding hydrogens is 278 g/mol. The van der Waals surface area contributed by atoms with Crippen LogP contribution in [0.3, 0.4) is 0 Å². The molecule has 114 valence electrons. The Morgan fingerprint density at radius 1 is 1.00 bits per heavy atom. The number of pyridine rings is 1. The van der Waals surface area contributed by atoms with Crippen molar-refractivity contribution in [1.29, 1.82) is 0 Å². The number of Topliss-reactive ketones (excluding diaryl/α,β-unsaturated/α-hetero) is 1. The maximum absolute atomic E-state index is 11.8. The largest absolute Gasteiger partial charge is 0.352 e. The fourth-order valence-electron chi connectivity index (χ4n) is 1.93. The molecule has 1 heterocycles. The van der Waals surface area contributed by atoms with Gasteiger partial charge < -0.3 is 10.6 Å². The van der Waals surface area contributed by atoms with E-state index in [1.807, 2.05) is 30.3 Å². The van der Waals surface area contributed by atoms with Crippen LogP contribution in [0.4, 0.5) is 0 Å². The van der Waals surface area contributed by atoms with E-state index in [2.05, 4.69) is 15.6 Å². The molecule has 0 aliphatic carbocycles. The number of nitrogens with one attached hydrogen (secondary N) is 2. The summed E-state index contributed by atoms with van der Waals surface area (Å²) in [6.45, 7) is 1.21. The van der Waals surface area contributed by atoms with Crippen molar-refractivity contribution in [3.63, 3.8) is 0 Å². The van der Waals surface area contributed by atoms with E-state index in [0.717, 1.165) is 5.56 Å². The van der Waals surface area contributed by atoms with Crippen LogP contribution < -0.4 is 10.6 Å². The molecule has 0 aliphatic rings. The van der Waals surface area contributed by atoms with Crippen LogP contribution in [-0.4, -0.2) is 29.8 Å². The summed E-state index contributed by atoms with van der Waals surface area (Å²) >= 11 is 0. The van der Waals surface area contributed by atoms with E-state index in [1.165, 1.54) is 0 Å². The summed E-state index contributed by atoms with van der Waals surface area (Å²) in [7, 11) is 0. The van der Waals surface area contributed by atoms with Crippen molar-refractivity contribution >= 4 is 11.7 Å². The van der Waals surface area contributed by atoms with Crippen molar-refractivity contribution in [2.24, 2.45) is 0 Å². The normalized spacial score (nSPS) is 10.2. The molecule has 0 fully saturated rings. The predicted molar refractivity (Wildman–Crippen MR) is 84.3 cm³/mol. The molecule has 0 bridgehead atoms. The summed E-state index contributed by atoms with van der Waals surface area (Å²) in [6.07, 6.45) is 3.52. The molecule has 5 heteroatoms. The van der Waals surface area contributed by atoms with Crippen molar-refractivity contribution in [3.8, 4) is 0 Å². The molecule has 0 aliphatic heterocycles. The van der Waals surface area contributed by atoms with Gasteiger partial charge >= 0.3 is 0 Å². The van der Waals surface area contributed by atoms with Crippen LogP contribution in [0.5, 0.6) is 0 Å². The standard InChI is InChI=1S/C17H19N3O2/c21-16(15-6-9-18-10-7-15)13-19-11-8-17(22)20-12-14-4-2-1-3-5-14/h1-7,9-10,19H,8,11-13H2,(H,20,22). The number of benzene rings is 1. The van der Waals surface area contributed by atoms with Crippen LogP contribution in [0, 0.1) is 0 Å². The highest BCUT2D eigenvalue weighted by Gasteiger charge is 2.05. The Bertz CT molecular complexity index is 600. The molecule has 1 aromatic carbocycles. The van der Waals surface area contributed by atoms with E-state index in [1.54, 1.807) is 24.5 Å². The number of carbonyl (C=O) groups is 2. The van der Waals surface area contributed by atoms with Gasteiger partial charge in [-0.3, -0.25) is 14.6 Å². The van der Waals surface area contributed by atoms with Gasteiger partial charge in [-0.1, -0.05) is 30.3 Å². The molecule has 1 amide bonds. The van der Waals surface area contributed by atoms with Gasteiger partial charge in [-0.05, 0) is 17.7 Å². The summed E-state index contributed by atoms with van der Waals surface area (Å²) in [5.41, 5.74) is 1.69. The lowest BCUT2D eigenvalue weighted by atomic mass is 10.2. The molecule has 1 aromatic heterocycles. The van der Waals surface area contributed by atoms with Gasteiger partial charge in [0, 0.05) is 37.5 Å². The smallest absolute Gasteiger partial charge is 0.221 e. The van der Waals surface area contributed by atoms with Crippen LogP contribution in [0.25, 0.3) is 0 Å². The van der Waals surface area contributed by atoms with Gasteiger partial charge in [-0.2, -0.15) is 0 Å². The number of nitrogens with zero attached hydrogens (tertiary/aromatic N) is 1. The molecule has 2 rings (SSSR count). The maximum atomic E-state index is 11.8. The van der Waals surface area contributed by atoms with Crippen molar-refractivity contribution in [2.75, 3.05) is 13.1 Å². The fraction of sp³-hybridized carbons (Fsp3) is 0.235. The Balaban J connectivity index is 1.60. The fourth-order valence-corrected chi connectivity index (χ4v) is 1.93. The maximum Gasteiger partial charge on any atom is 0.221 e. The SMILES string of the molecule is O=C(CCNCC(=O)c1ccncc1)NCc1ccccc1. The number of rotatable bonds is 8. The van der Waals surface area contributed by atoms with E-state index in [0.29, 0.717) is 25.1 Å². The highest BCUT2D eigenvalue weighted by Crippen LogP contribution is 1.98. The van der Waals surface area contributed by atoms with E-state index >= 15 is 0 Å². The highest BCUT2D eigenvalue weighted by atomic mass is 16.1. The Kier molecular flexibility index (Phi) is 6.26. The Morgan fingerprint density at radius 3 is 2.45 bits per heavy atom. The second kappa shape index (κ2) is 8.69. The van der Waals surface area contributed by atoms with Gasteiger partial charge in [-0.15, -0.1) is 0 Å². The lowest BCUT2D eigenvalue weighted by Crippen LogP contribution is -2.30. The third-order valence-corrected chi connectivity index (χ3v) is 3.15. The zero-order valence-electron chi connectivity index (χ0n) is 12.3. The third kappa shape index (κ3) is 5.46. The first-order valence-corrected chi connectivity index (χ1v) is 7.20. The van der Waals surface area contributed by atoms with E-state index < -0.39 is 0 Å². The van der Waals surface area contributed by atoms with Gasteiger partial charge in [0.05, 0.1) is 6.54 Å². The lowest BCUT2D eigenvalue weighted by Gasteiger charge is -2.06. The van der Waals surface area contributed by atoms with Crippen molar-refractivity contribution in [3.05, 3.63) is 66.0 Å². The van der Waals surface area contributed by atoms with E-state index in [-0.39, 0.29) is 18.2 Å². The van der Waals surface area contributed by atoms with E-state index in [9.17, 15) is 9.59 Å². The molecule has 2 N–H and O–H groups in total. The minimum Gasteiger partial charge on any atom is -0.352 e. The Morgan fingerprint density at radius 2 is 1.73 bits per heavy atom. The molecule has 0 radical (unpaired) electrons.